The molecule has 1 aromatic heterocycles. The molecule has 9 heteroatoms. The summed E-state index contributed by atoms with van der Waals surface area (Å²) in [5.41, 5.74) is 1.84. The number of benzene rings is 2. The Kier molecular flexibility index (Phi) is 8.55. The van der Waals surface area contributed by atoms with Gasteiger partial charge in [-0.1, -0.05) is 51.4 Å². The van der Waals surface area contributed by atoms with E-state index in [4.69, 9.17) is 20.6 Å². The van der Waals surface area contributed by atoms with Gasteiger partial charge in [-0.05, 0) is 58.0 Å². The van der Waals surface area contributed by atoms with Gasteiger partial charge in [0.2, 0.25) is 0 Å². The topological polar surface area (TPSA) is 79.1 Å². The van der Waals surface area contributed by atoms with Crippen LogP contribution in [-0.4, -0.2) is 29.9 Å². The molecule has 4 rings (SSSR count). The van der Waals surface area contributed by atoms with Crippen molar-refractivity contribution >= 4 is 39.3 Å². The van der Waals surface area contributed by atoms with E-state index in [-0.39, 0.29) is 24.9 Å². The number of hydrogen-bond donors (Lipinski definition) is 0. The maximum absolute atomic E-state index is 14.0. The lowest BCUT2D eigenvalue weighted by molar-refractivity contribution is -0.139. The fourth-order valence-corrected chi connectivity index (χ4v) is 5.59. The molecular formula is C29H27BrN2O5S. The summed E-state index contributed by atoms with van der Waals surface area (Å²) in [7, 11) is 0. The van der Waals surface area contributed by atoms with Crippen molar-refractivity contribution < 1.29 is 19.0 Å². The van der Waals surface area contributed by atoms with Gasteiger partial charge in [0.15, 0.2) is 4.80 Å². The van der Waals surface area contributed by atoms with E-state index in [1.54, 1.807) is 26.0 Å². The number of terminal acetylenes is 1. The average Bonchev–Trinajstić information content (AvgIpc) is 3.17. The number of rotatable bonds is 8. The molecular weight excluding hydrogens is 568 g/mol. The zero-order valence-electron chi connectivity index (χ0n) is 21.5. The van der Waals surface area contributed by atoms with Crippen LogP contribution in [0, 0.1) is 12.3 Å². The lowest BCUT2D eigenvalue weighted by Crippen LogP contribution is -2.40. The maximum atomic E-state index is 14.0. The molecule has 0 spiro atoms. The van der Waals surface area contributed by atoms with Gasteiger partial charge in [0.05, 0.1) is 28.5 Å². The second-order valence-corrected chi connectivity index (χ2v) is 10.6. The van der Waals surface area contributed by atoms with Crippen molar-refractivity contribution in [2.24, 2.45) is 4.99 Å². The van der Waals surface area contributed by atoms with E-state index in [0.29, 0.717) is 43.2 Å². The molecule has 1 aliphatic heterocycles. The van der Waals surface area contributed by atoms with Gasteiger partial charge in [0.1, 0.15) is 24.1 Å². The number of esters is 1. The molecule has 0 amide bonds. The minimum absolute atomic E-state index is 0.0957. The van der Waals surface area contributed by atoms with Crippen LogP contribution in [0.1, 0.15) is 44.9 Å². The normalized spacial score (nSPS) is 15.1. The van der Waals surface area contributed by atoms with E-state index in [1.807, 2.05) is 50.2 Å². The van der Waals surface area contributed by atoms with Gasteiger partial charge in [0.25, 0.3) is 5.56 Å². The predicted molar refractivity (Wildman–Crippen MR) is 151 cm³/mol. The molecule has 196 valence electrons. The van der Waals surface area contributed by atoms with Gasteiger partial charge in [0, 0.05) is 15.6 Å². The van der Waals surface area contributed by atoms with Crippen molar-refractivity contribution in [1.29, 1.82) is 0 Å². The molecule has 1 unspecified atom stereocenters. The third-order valence-electron chi connectivity index (χ3n) is 5.66. The van der Waals surface area contributed by atoms with E-state index in [0.717, 1.165) is 4.47 Å². The first-order chi connectivity index (χ1) is 18.2. The Bertz CT molecular complexity index is 1630. The Morgan fingerprint density at radius 1 is 1.26 bits per heavy atom. The number of aromatic nitrogens is 1. The fraction of sp³-hybridized carbons (Fsp3) is 0.276. The van der Waals surface area contributed by atoms with Crippen LogP contribution in [0.4, 0.5) is 0 Å². The van der Waals surface area contributed by atoms with Crippen LogP contribution < -0.4 is 24.4 Å². The van der Waals surface area contributed by atoms with Gasteiger partial charge >= 0.3 is 5.97 Å². The van der Waals surface area contributed by atoms with Gasteiger partial charge < -0.3 is 14.2 Å². The largest absolute Gasteiger partial charge is 0.491 e. The SMILES string of the molecule is C#CCOc1ccc(Br)cc1/C=c1\sc2n(c1=O)C(c1ccccc1OC(C)C)C(C(=O)OCC)=C(C)N=2. The second-order valence-electron chi connectivity index (χ2n) is 8.68. The summed E-state index contributed by atoms with van der Waals surface area (Å²) in [5, 5.41) is 0. The summed E-state index contributed by atoms with van der Waals surface area (Å²) in [6.45, 7) is 7.63. The zero-order valence-corrected chi connectivity index (χ0v) is 23.9. The molecule has 0 N–H and O–H groups in total. The van der Waals surface area contributed by atoms with Crippen molar-refractivity contribution in [3.63, 3.8) is 0 Å². The number of hydrogen-bond acceptors (Lipinski definition) is 7. The summed E-state index contributed by atoms with van der Waals surface area (Å²) in [5.74, 6) is 3.06. The van der Waals surface area contributed by atoms with Crippen molar-refractivity contribution in [1.82, 2.24) is 4.57 Å². The first-order valence-corrected chi connectivity index (χ1v) is 13.7. The van der Waals surface area contributed by atoms with Crippen molar-refractivity contribution in [3.05, 3.63) is 89.0 Å². The minimum Gasteiger partial charge on any atom is -0.491 e. The van der Waals surface area contributed by atoms with Crippen LogP contribution in [0.3, 0.4) is 0 Å². The Morgan fingerprint density at radius 3 is 2.74 bits per heavy atom. The Balaban J connectivity index is 1.98. The average molecular weight is 596 g/mol. The van der Waals surface area contributed by atoms with Crippen molar-refractivity contribution in [3.8, 4) is 23.8 Å². The molecule has 0 aliphatic carbocycles. The summed E-state index contributed by atoms with van der Waals surface area (Å²) in [6.07, 6.45) is 7.01. The molecule has 0 fully saturated rings. The summed E-state index contributed by atoms with van der Waals surface area (Å²) in [4.78, 5) is 32.3. The number of carbonyl (C=O) groups is 1. The highest BCUT2D eigenvalue weighted by atomic mass is 79.9. The zero-order chi connectivity index (χ0) is 27.4. The first kappa shape index (κ1) is 27.4. The van der Waals surface area contributed by atoms with Gasteiger partial charge in [-0.25, -0.2) is 9.79 Å². The van der Waals surface area contributed by atoms with Crippen LogP contribution in [0.25, 0.3) is 6.08 Å². The van der Waals surface area contributed by atoms with E-state index >= 15 is 0 Å². The number of carbonyl (C=O) groups excluding carboxylic acids is 1. The van der Waals surface area contributed by atoms with Crippen molar-refractivity contribution in [2.45, 2.75) is 39.8 Å². The second kappa shape index (κ2) is 11.8. The fourth-order valence-electron chi connectivity index (χ4n) is 4.18. The smallest absolute Gasteiger partial charge is 0.338 e. The lowest BCUT2D eigenvalue weighted by Gasteiger charge is -2.26. The third-order valence-corrected chi connectivity index (χ3v) is 7.14. The molecule has 1 atom stereocenters. The summed E-state index contributed by atoms with van der Waals surface area (Å²) >= 11 is 4.72. The summed E-state index contributed by atoms with van der Waals surface area (Å²) in [6, 6.07) is 12.1. The third kappa shape index (κ3) is 5.62. The van der Waals surface area contributed by atoms with Crippen molar-refractivity contribution in [2.75, 3.05) is 13.2 Å². The Morgan fingerprint density at radius 2 is 2.03 bits per heavy atom. The van der Waals surface area contributed by atoms with Crippen LogP contribution in [0.15, 0.2) is 68.0 Å². The monoisotopic (exact) mass is 594 g/mol. The number of fused-ring (bicyclic) bond motifs is 1. The number of allylic oxidation sites excluding steroid dienone is 1. The molecule has 0 saturated heterocycles. The van der Waals surface area contributed by atoms with Crippen LogP contribution in [0.5, 0.6) is 11.5 Å². The molecule has 2 aromatic carbocycles. The molecule has 0 bridgehead atoms. The van der Waals surface area contributed by atoms with Crippen LogP contribution in [-0.2, 0) is 9.53 Å². The molecule has 0 radical (unpaired) electrons. The van der Waals surface area contributed by atoms with E-state index in [1.165, 1.54) is 15.9 Å². The van der Waals surface area contributed by atoms with Crippen LogP contribution in [0.2, 0.25) is 0 Å². The highest BCUT2D eigenvalue weighted by Gasteiger charge is 2.35. The van der Waals surface area contributed by atoms with Gasteiger partial charge in [-0.2, -0.15) is 0 Å². The quantitative estimate of drug-likeness (QED) is 0.286. The minimum atomic E-state index is -0.776. The van der Waals surface area contributed by atoms with E-state index < -0.39 is 12.0 Å². The Labute approximate surface area is 233 Å². The maximum Gasteiger partial charge on any atom is 0.338 e. The van der Waals surface area contributed by atoms with Crippen LogP contribution >= 0.6 is 27.3 Å². The predicted octanol–water partition coefficient (Wildman–Crippen LogP) is 4.36. The number of para-hydroxylation sites is 1. The Hall–Kier alpha value is -3.61. The highest BCUT2D eigenvalue weighted by molar-refractivity contribution is 9.10. The molecule has 0 saturated carbocycles. The summed E-state index contributed by atoms with van der Waals surface area (Å²) < 4.78 is 20.0. The van der Waals surface area contributed by atoms with E-state index in [9.17, 15) is 9.59 Å². The number of thiazole rings is 1. The lowest BCUT2D eigenvalue weighted by atomic mass is 9.95. The number of halogens is 1. The first-order valence-electron chi connectivity index (χ1n) is 12.1. The number of ether oxygens (including phenoxy) is 3. The standard InChI is InChI=1S/C29H27BrN2O5S/c1-6-14-36-22-13-12-20(30)15-19(22)16-24-27(33)32-26(21-10-8-9-11-23(21)37-17(3)4)25(28(34)35-7-2)18(5)31-29(32)38-24/h1,8-13,15-17,26H,7,14H2,2-5H3/b24-16-. The molecule has 38 heavy (non-hydrogen) atoms. The van der Waals surface area contributed by atoms with Gasteiger partial charge in [-0.3, -0.25) is 9.36 Å². The molecule has 1 aliphatic rings. The molecule has 2 heterocycles. The van der Waals surface area contributed by atoms with E-state index in [2.05, 4.69) is 26.8 Å². The molecule has 7 nitrogen and oxygen atoms in total. The highest BCUT2D eigenvalue weighted by Crippen LogP contribution is 2.36. The van der Waals surface area contributed by atoms with Gasteiger partial charge in [-0.15, -0.1) is 6.42 Å². The molecule has 3 aromatic rings. The number of nitrogens with zero attached hydrogens (tertiary/aromatic N) is 2.